The number of hydrogen-bond donors (Lipinski definition) is 2. The Kier molecular flexibility index (Phi) is 5.92. The van der Waals surface area contributed by atoms with E-state index in [1.54, 1.807) is 24.3 Å². The number of benzene rings is 1. The normalized spacial score (nSPS) is 12.2. The van der Waals surface area contributed by atoms with E-state index in [9.17, 15) is 14.7 Å². The van der Waals surface area contributed by atoms with Gasteiger partial charge in [-0.2, -0.15) is 0 Å². The van der Waals surface area contributed by atoms with E-state index in [2.05, 4.69) is 15.6 Å². The molecule has 0 fully saturated rings. The van der Waals surface area contributed by atoms with Crippen LogP contribution in [0.2, 0.25) is 5.02 Å². The highest BCUT2D eigenvalue weighted by Crippen LogP contribution is 2.18. The molecule has 1 amide bonds. The molecule has 128 valence electrons. The van der Waals surface area contributed by atoms with E-state index in [1.807, 2.05) is 13.8 Å². The van der Waals surface area contributed by atoms with E-state index in [0.29, 0.717) is 17.1 Å². The number of halogens is 1. The smallest absolute Gasteiger partial charge is 0.308 e. The van der Waals surface area contributed by atoms with Gasteiger partial charge in [-0.25, -0.2) is 4.68 Å². The highest BCUT2D eigenvalue weighted by molar-refractivity contribution is 6.32. The van der Waals surface area contributed by atoms with Crippen LogP contribution < -0.4 is 5.32 Å². The average molecular weight is 351 g/mol. The largest absolute Gasteiger partial charge is 0.481 e. The average Bonchev–Trinajstić information content (AvgIpc) is 3.00. The molecular weight excluding hydrogens is 332 g/mol. The molecule has 1 unspecified atom stereocenters. The highest BCUT2D eigenvalue weighted by atomic mass is 35.5. The Morgan fingerprint density at radius 3 is 2.67 bits per heavy atom. The van der Waals surface area contributed by atoms with Gasteiger partial charge in [-0.1, -0.05) is 42.8 Å². The Morgan fingerprint density at radius 1 is 1.33 bits per heavy atom. The molecule has 8 heteroatoms. The second-order valence-corrected chi connectivity index (χ2v) is 6.28. The molecule has 1 atom stereocenters. The minimum absolute atomic E-state index is 0.0469. The number of carboxylic acid groups (broad SMARTS) is 1. The van der Waals surface area contributed by atoms with Crippen molar-refractivity contribution in [2.24, 2.45) is 11.8 Å². The monoisotopic (exact) mass is 350 g/mol. The lowest BCUT2D eigenvalue weighted by molar-refractivity contribution is -0.142. The second kappa shape index (κ2) is 7.92. The fourth-order valence-corrected chi connectivity index (χ4v) is 2.49. The number of para-hydroxylation sites is 1. The predicted octanol–water partition coefficient (Wildman–Crippen LogP) is 2.40. The number of aliphatic carboxylic acids is 1. The Bertz CT molecular complexity index is 730. The van der Waals surface area contributed by atoms with Crippen LogP contribution in [0.1, 0.15) is 30.8 Å². The van der Waals surface area contributed by atoms with Gasteiger partial charge in [-0.3, -0.25) is 9.59 Å². The zero-order valence-electron chi connectivity index (χ0n) is 13.4. The summed E-state index contributed by atoms with van der Waals surface area (Å²) >= 11 is 6.08. The van der Waals surface area contributed by atoms with Gasteiger partial charge in [0, 0.05) is 6.54 Å². The standard InChI is InChI=1S/C16H19ClN4O3/c1-10(2)7-11(16(23)24)8-18-15(22)13-9-21(20-19-13)14-6-4-3-5-12(14)17/h3-6,9-11H,7-8H2,1-2H3,(H,18,22)(H,23,24). The van der Waals surface area contributed by atoms with Crippen molar-refractivity contribution < 1.29 is 14.7 Å². The first-order valence-electron chi connectivity index (χ1n) is 7.56. The van der Waals surface area contributed by atoms with Gasteiger partial charge in [0.15, 0.2) is 5.69 Å². The van der Waals surface area contributed by atoms with Gasteiger partial charge in [-0.05, 0) is 24.5 Å². The first-order valence-corrected chi connectivity index (χ1v) is 7.94. The summed E-state index contributed by atoms with van der Waals surface area (Å²) in [7, 11) is 0. The summed E-state index contributed by atoms with van der Waals surface area (Å²) in [5.74, 6) is -1.80. The molecule has 24 heavy (non-hydrogen) atoms. The van der Waals surface area contributed by atoms with Crippen LogP contribution in [0.25, 0.3) is 5.69 Å². The van der Waals surface area contributed by atoms with E-state index >= 15 is 0 Å². The van der Waals surface area contributed by atoms with Gasteiger partial charge >= 0.3 is 5.97 Å². The van der Waals surface area contributed by atoms with Crippen molar-refractivity contribution in [3.63, 3.8) is 0 Å². The maximum Gasteiger partial charge on any atom is 0.308 e. The summed E-state index contributed by atoms with van der Waals surface area (Å²) < 4.78 is 1.40. The van der Waals surface area contributed by atoms with Gasteiger partial charge < -0.3 is 10.4 Å². The van der Waals surface area contributed by atoms with Crippen LogP contribution in [0, 0.1) is 11.8 Å². The Balaban J connectivity index is 2.03. The van der Waals surface area contributed by atoms with Crippen molar-refractivity contribution >= 4 is 23.5 Å². The van der Waals surface area contributed by atoms with Crippen LogP contribution in [-0.4, -0.2) is 38.5 Å². The fraction of sp³-hybridized carbons (Fsp3) is 0.375. The molecule has 0 saturated heterocycles. The summed E-state index contributed by atoms with van der Waals surface area (Å²) in [6.07, 6.45) is 1.94. The third-order valence-corrected chi connectivity index (χ3v) is 3.76. The molecule has 0 aliphatic rings. The van der Waals surface area contributed by atoms with Gasteiger partial charge in [0.05, 0.1) is 22.8 Å². The third kappa shape index (κ3) is 4.55. The van der Waals surface area contributed by atoms with Crippen molar-refractivity contribution in [1.82, 2.24) is 20.3 Å². The predicted molar refractivity (Wildman–Crippen MR) is 89.3 cm³/mol. The summed E-state index contributed by atoms with van der Waals surface area (Å²) in [5.41, 5.74) is 0.706. The zero-order valence-corrected chi connectivity index (χ0v) is 14.2. The Morgan fingerprint density at radius 2 is 2.04 bits per heavy atom. The number of nitrogens with one attached hydrogen (secondary N) is 1. The number of carbonyl (C=O) groups is 2. The lowest BCUT2D eigenvalue weighted by atomic mass is 9.97. The van der Waals surface area contributed by atoms with E-state index in [-0.39, 0.29) is 18.2 Å². The van der Waals surface area contributed by atoms with Crippen molar-refractivity contribution in [3.8, 4) is 5.69 Å². The molecule has 0 saturated carbocycles. The molecule has 2 N–H and O–H groups in total. The maximum absolute atomic E-state index is 12.1. The Hall–Kier alpha value is -2.41. The number of nitrogens with zero attached hydrogens (tertiary/aromatic N) is 3. The molecule has 0 radical (unpaired) electrons. The van der Waals surface area contributed by atoms with Crippen molar-refractivity contribution in [2.75, 3.05) is 6.54 Å². The summed E-state index contributed by atoms with van der Waals surface area (Å²) in [4.78, 5) is 23.3. The van der Waals surface area contributed by atoms with Crippen LogP contribution in [-0.2, 0) is 4.79 Å². The first kappa shape index (κ1) is 17.9. The van der Waals surface area contributed by atoms with E-state index in [1.165, 1.54) is 10.9 Å². The topological polar surface area (TPSA) is 97.1 Å². The van der Waals surface area contributed by atoms with Crippen LogP contribution >= 0.6 is 11.6 Å². The molecule has 7 nitrogen and oxygen atoms in total. The summed E-state index contributed by atoms with van der Waals surface area (Å²) in [6.45, 7) is 3.92. The zero-order chi connectivity index (χ0) is 17.7. The first-order chi connectivity index (χ1) is 11.4. The van der Waals surface area contributed by atoms with Gasteiger partial charge in [0.1, 0.15) is 0 Å². The second-order valence-electron chi connectivity index (χ2n) is 5.87. The fourth-order valence-electron chi connectivity index (χ4n) is 2.27. The maximum atomic E-state index is 12.1. The number of rotatable bonds is 7. The molecule has 0 bridgehead atoms. The minimum atomic E-state index is -0.927. The summed E-state index contributed by atoms with van der Waals surface area (Å²) in [6, 6.07) is 7.05. The molecule has 1 aromatic carbocycles. The van der Waals surface area contributed by atoms with Gasteiger partial charge in [0.2, 0.25) is 0 Å². The molecule has 1 aromatic heterocycles. The number of carboxylic acids is 1. The number of carbonyl (C=O) groups excluding carboxylic acids is 1. The van der Waals surface area contributed by atoms with Crippen LogP contribution in [0.15, 0.2) is 30.5 Å². The number of aromatic nitrogens is 3. The van der Waals surface area contributed by atoms with E-state index < -0.39 is 17.8 Å². The number of amides is 1. The number of hydrogen-bond acceptors (Lipinski definition) is 4. The van der Waals surface area contributed by atoms with E-state index in [4.69, 9.17) is 11.6 Å². The van der Waals surface area contributed by atoms with E-state index in [0.717, 1.165) is 0 Å². The minimum Gasteiger partial charge on any atom is -0.481 e. The van der Waals surface area contributed by atoms with Gasteiger partial charge in [-0.15, -0.1) is 5.10 Å². The molecule has 1 heterocycles. The molecular formula is C16H19ClN4O3. The van der Waals surface area contributed by atoms with Crippen LogP contribution in [0.5, 0.6) is 0 Å². The lowest BCUT2D eigenvalue weighted by Crippen LogP contribution is -2.33. The van der Waals surface area contributed by atoms with Crippen molar-refractivity contribution in [1.29, 1.82) is 0 Å². The lowest BCUT2D eigenvalue weighted by Gasteiger charge is -2.14. The molecule has 0 spiro atoms. The molecule has 2 rings (SSSR count). The van der Waals surface area contributed by atoms with Crippen molar-refractivity contribution in [3.05, 3.63) is 41.2 Å². The highest BCUT2D eigenvalue weighted by Gasteiger charge is 2.21. The van der Waals surface area contributed by atoms with Crippen molar-refractivity contribution in [2.45, 2.75) is 20.3 Å². The SMILES string of the molecule is CC(C)CC(CNC(=O)c1cn(-c2ccccc2Cl)nn1)C(=O)O. The molecule has 0 aliphatic heterocycles. The quantitative estimate of drug-likeness (QED) is 0.799. The third-order valence-electron chi connectivity index (χ3n) is 3.44. The van der Waals surface area contributed by atoms with Gasteiger partial charge in [0.25, 0.3) is 5.91 Å². The Labute approximate surface area is 144 Å². The summed E-state index contributed by atoms with van der Waals surface area (Å²) in [5, 5.41) is 20.0. The van der Waals surface area contributed by atoms with Crippen LogP contribution in [0.4, 0.5) is 0 Å². The molecule has 0 aliphatic carbocycles. The molecule has 2 aromatic rings. The van der Waals surface area contributed by atoms with Crippen LogP contribution in [0.3, 0.4) is 0 Å².